The van der Waals surface area contributed by atoms with Crippen LogP contribution in [0.1, 0.15) is 53.7 Å². The molecular weight excluding hydrogens is 338 g/mol. The molecule has 3 atom stereocenters. The van der Waals surface area contributed by atoms with Crippen LogP contribution in [0.5, 0.6) is 0 Å². The summed E-state index contributed by atoms with van der Waals surface area (Å²) in [5.41, 5.74) is 9.66. The zero-order valence-corrected chi connectivity index (χ0v) is 14.3. The number of pyridine rings is 1. The van der Waals surface area contributed by atoms with Crippen LogP contribution in [-0.4, -0.2) is 24.2 Å². The van der Waals surface area contributed by atoms with Gasteiger partial charge >= 0.3 is 0 Å². The largest absolute Gasteiger partial charge is 0.377 e. The number of benzene rings is 1. The minimum Gasteiger partial charge on any atom is -0.377 e. The summed E-state index contributed by atoms with van der Waals surface area (Å²) in [5, 5.41) is 3.48. The predicted octanol–water partition coefficient (Wildman–Crippen LogP) is 2.98. The number of rotatable bonds is 5. The monoisotopic (exact) mass is 360 g/mol. The van der Waals surface area contributed by atoms with E-state index in [4.69, 9.17) is 4.74 Å². The molecule has 1 fully saturated rings. The van der Waals surface area contributed by atoms with E-state index in [0.717, 1.165) is 42.7 Å². The number of hydrazine groups is 1. The number of nitrogens with one attached hydrogen (secondary N) is 3. The first-order valence-electron chi connectivity index (χ1n) is 8.90. The highest BCUT2D eigenvalue weighted by molar-refractivity contribution is 5.39. The van der Waals surface area contributed by atoms with Gasteiger partial charge in [-0.1, -0.05) is 24.3 Å². The van der Waals surface area contributed by atoms with Crippen LogP contribution in [0.25, 0.3) is 0 Å². The molecule has 1 aromatic heterocycles. The van der Waals surface area contributed by atoms with Crippen LogP contribution in [0, 0.1) is 0 Å². The third kappa shape index (κ3) is 3.61. The number of ether oxygens (including phenoxy) is 1. The maximum absolute atomic E-state index is 12.8. The molecule has 4 rings (SSSR count). The Kier molecular flexibility index (Phi) is 5.21. The average molecular weight is 360 g/mol. The van der Waals surface area contributed by atoms with Crippen LogP contribution >= 0.6 is 0 Å². The summed E-state index contributed by atoms with van der Waals surface area (Å²) in [6.45, 7) is 1.60. The van der Waals surface area contributed by atoms with E-state index in [1.165, 1.54) is 12.1 Å². The van der Waals surface area contributed by atoms with E-state index in [2.05, 4.69) is 21.2 Å². The molecule has 2 aromatic rings. The quantitative estimate of drug-likeness (QED) is 0.765. The maximum Gasteiger partial charge on any atom is 0.263 e. The van der Waals surface area contributed by atoms with E-state index in [1.807, 2.05) is 12.3 Å². The molecule has 26 heavy (non-hydrogen) atoms. The van der Waals surface area contributed by atoms with Crippen molar-refractivity contribution in [2.75, 3.05) is 13.2 Å². The van der Waals surface area contributed by atoms with Crippen LogP contribution in [0.3, 0.4) is 0 Å². The zero-order chi connectivity index (χ0) is 17.9. The van der Waals surface area contributed by atoms with Crippen molar-refractivity contribution in [3.05, 3.63) is 65.0 Å². The van der Waals surface area contributed by atoms with Crippen molar-refractivity contribution in [2.45, 2.75) is 37.6 Å². The van der Waals surface area contributed by atoms with Crippen molar-refractivity contribution >= 4 is 0 Å². The Balaban J connectivity index is 1.53. The highest BCUT2D eigenvalue weighted by atomic mass is 19.3. The first kappa shape index (κ1) is 17.5. The normalized spacial score (nSPS) is 25.4. The topological polar surface area (TPSA) is 58.2 Å². The zero-order valence-electron chi connectivity index (χ0n) is 14.3. The molecule has 0 aliphatic carbocycles. The summed E-state index contributed by atoms with van der Waals surface area (Å²) in [5.74, 6) is 0. The smallest absolute Gasteiger partial charge is 0.263 e. The SMILES string of the molecule is FC(F)c1ccc(C2NNC(NC[C@H]3CCCO3)c3cnccc32)cc1. The maximum atomic E-state index is 12.8. The average Bonchev–Trinajstić information content (AvgIpc) is 3.20. The molecule has 0 saturated carbocycles. The van der Waals surface area contributed by atoms with Gasteiger partial charge in [-0.3, -0.25) is 10.3 Å². The Bertz CT molecular complexity index is 735. The Labute approximate surface area is 151 Å². The van der Waals surface area contributed by atoms with Crippen molar-refractivity contribution in [3.63, 3.8) is 0 Å². The van der Waals surface area contributed by atoms with Crippen LogP contribution in [0.2, 0.25) is 0 Å². The lowest BCUT2D eigenvalue weighted by molar-refractivity contribution is 0.104. The van der Waals surface area contributed by atoms with E-state index in [0.29, 0.717) is 0 Å². The number of hydrogen-bond acceptors (Lipinski definition) is 5. The van der Waals surface area contributed by atoms with Crippen LogP contribution < -0.4 is 16.2 Å². The van der Waals surface area contributed by atoms with Crippen molar-refractivity contribution in [1.29, 1.82) is 0 Å². The minimum atomic E-state index is -2.45. The van der Waals surface area contributed by atoms with Gasteiger partial charge in [-0.25, -0.2) is 19.6 Å². The van der Waals surface area contributed by atoms with Gasteiger partial charge < -0.3 is 4.74 Å². The van der Waals surface area contributed by atoms with Gasteiger partial charge in [0.05, 0.1) is 18.3 Å². The molecule has 3 heterocycles. The van der Waals surface area contributed by atoms with E-state index < -0.39 is 6.43 Å². The lowest BCUT2D eigenvalue weighted by Gasteiger charge is -2.34. The van der Waals surface area contributed by atoms with Gasteiger partial charge in [0.15, 0.2) is 0 Å². The van der Waals surface area contributed by atoms with Crippen LogP contribution in [0.15, 0.2) is 42.7 Å². The molecule has 1 saturated heterocycles. The first-order valence-corrected chi connectivity index (χ1v) is 8.90. The fourth-order valence-corrected chi connectivity index (χ4v) is 3.56. The first-order chi connectivity index (χ1) is 12.7. The molecule has 138 valence electrons. The fraction of sp³-hybridized carbons (Fsp3) is 0.421. The summed E-state index contributed by atoms with van der Waals surface area (Å²) < 4.78 is 31.2. The van der Waals surface area contributed by atoms with Gasteiger partial charge in [0, 0.05) is 36.7 Å². The number of hydrogen-bond donors (Lipinski definition) is 3. The second-order valence-corrected chi connectivity index (χ2v) is 6.67. The highest BCUT2D eigenvalue weighted by Gasteiger charge is 2.28. The molecule has 0 amide bonds. The summed E-state index contributed by atoms with van der Waals surface area (Å²) in [6, 6.07) is 8.28. The third-order valence-electron chi connectivity index (χ3n) is 4.98. The second kappa shape index (κ2) is 7.75. The number of halogens is 2. The number of alkyl halides is 2. The van der Waals surface area contributed by atoms with Crippen molar-refractivity contribution < 1.29 is 13.5 Å². The van der Waals surface area contributed by atoms with E-state index in [1.54, 1.807) is 18.3 Å². The Hall–Kier alpha value is -1.93. The molecule has 2 aliphatic heterocycles. The summed E-state index contributed by atoms with van der Waals surface area (Å²) >= 11 is 0. The van der Waals surface area contributed by atoms with Gasteiger partial charge in [0.2, 0.25) is 0 Å². The summed E-state index contributed by atoms with van der Waals surface area (Å²) in [4.78, 5) is 4.26. The minimum absolute atomic E-state index is 0.0311. The molecule has 0 spiro atoms. The van der Waals surface area contributed by atoms with E-state index in [9.17, 15) is 8.78 Å². The van der Waals surface area contributed by atoms with Gasteiger partial charge in [0.25, 0.3) is 6.43 Å². The van der Waals surface area contributed by atoms with Gasteiger partial charge in [-0.15, -0.1) is 0 Å². The molecule has 5 nitrogen and oxygen atoms in total. The molecule has 7 heteroatoms. The van der Waals surface area contributed by atoms with E-state index in [-0.39, 0.29) is 23.9 Å². The van der Waals surface area contributed by atoms with Crippen molar-refractivity contribution in [2.24, 2.45) is 0 Å². The molecule has 2 aliphatic rings. The molecule has 3 N–H and O–H groups in total. The highest BCUT2D eigenvalue weighted by Crippen LogP contribution is 2.31. The van der Waals surface area contributed by atoms with Crippen LogP contribution in [-0.2, 0) is 4.74 Å². The Morgan fingerprint density at radius 3 is 2.73 bits per heavy atom. The molecule has 0 bridgehead atoms. The number of aromatic nitrogens is 1. The van der Waals surface area contributed by atoms with E-state index >= 15 is 0 Å². The number of fused-ring (bicyclic) bond motifs is 1. The standard InChI is InChI=1S/C19H22F2N4O/c20-18(21)13-5-3-12(4-6-13)17-15-7-8-22-11-16(15)19(25-24-17)23-10-14-2-1-9-26-14/h3-8,11,14,17-19,23-25H,1-2,9-10H2/t14-,17?,19?/m1/s1. The van der Waals surface area contributed by atoms with Crippen molar-refractivity contribution in [3.8, 4) is 0 Å². The third-order valence-corrected chi connectivity index (χ3v) is 4.98. The summed E-state index contributed by atoms with van der Waals surface area (Å²) in [6.07, 6.45) is 3.49. The molecule has 1 aromatic carbocycles. The Morgan fingerprint density at radius 2 is 2.00 bits per heavy atom. The van der Waals surface area contributed by atoms with Gasteiger partial charge in [-0.05, 0) is 30.0 Å². The second-order valence-electron chi connectivity index (χ2n) is 6.67. The molecule has 2 unspecified atom stereocenters. The molecule has 0 radical (unpaired) electrons. The van der Waals surface area contributed by atoms with Gasteiger partial charge in [-0.2, -0.15) is 0 Å². The fourth-order valence-electron chi connectivity index (χ4n) is 3.56. The molecular formula is C19H22F2N4O. The van der Waals surface area contributed by atoms with Crippen LogP contribution in [0.4, 0.5) is 8.78 Å². The predicted molar refractivity (Wildman–Crippen MR) is 93.5 cm³/mol. The lowest BCUT2D eigenvalue weighted by Crippen LogP contribution is -2.50. The van der Waals surface area contributed by atoms with Gasteiger partial charge in [0.1, 0.15) is 0 Å². The number of nitrogens with zero attached hydrogens (tertiary/aromatic N) is 1. The lowest BCUT2D eigenvalue weighted by atomic mass is 9.93. The van der Waals surface area contributed by atoms with Crippen molar-refractivity contribution in [1.82, 2.24) is 21.2 Å². The summed E-state index contributed by atoms with van der Waals surface area (Å²) in [7, 11) is 0. The Morgan fingerprint density at radius 1 is 1.15 bits per heavy atom.